The van der Waals surface area contributed by atoms with Crippen molar-refractivity contribution >= 4 is 23.7 Å². The van der Waals surface area contributed by atoms with Crippen LogP contribution >= 0.6 is 0 Å². The zero-order valence-corrected chi connectivity index (χ0v) is 11.9. The first-order chi connectivity index (χ1) is 10.6. The number of hydrogen-bond donors (Lipinski definition) is 3. The van der Waals surface area contributed by atoms with Crippen LogP contribution in [0.4, 0.5) is 0 Å². The summed E-state index contributed by atoms with van der Waals surface area (Å²) >= 11 is 0. The third-order valence-electron chi connectivity index (χ3n) is 2.98. The molecular formula is C15H16N4O3. The molecule has 0 unspecified atom stereocenters. The fraction of sp³-hybridized carbons (Fsp3) is 0.200. The van der Waals surface area contributed by atoms with E-state index in [9.17, 15) is 14.7 Å². The summed E-state index contributed by atoms with van der Waals surface area (Å²) in [6, 6.07) is 5.25. The van der Waals surface area contributed by atoms with Gasteiger partial charge >= 0.3 is 0 Å². The van der Waals surface area contributed by atoms with Gasteiger partial charge in [0.25, 0.3) is 0 Å². The molecule has 3 N–H and O–H groups in total. The molecule has 1 aromatic rings. The molecule has 0 aliphatic carbocycles. The molecule has 7 nitrogen and oxygen atoms in total. The number of carbonyl (C=O) groups excluding carboxylic acids is 2. The second kappa shape index (κ2) is 7.16. The molecule has 2 rings (SSSR count). The Hall–Kier alpha value is -2.96. The third-order valence-corrected chi connectivity index (χ3v) is 2.98. The number of carbonyl (C=O) groups is 2. The summed E-state index contributed by atoms with van der Waals surface area (Å²) in [5.74, 6) is -0.501. The molecule has 22 heavy (non-hydrogen) atoms. The average Bonchev–Trinajstić information content (AvgIpc) is 2.88. The fourth-order valence-corrected chi connectivity index (χ4v) is 1.94. The maximum atomic E-state index is 11.6. The number of allylic oxidation sites excluding steroid dienone is 1. The SMILES string of the molecule is C=CCc1cccc(/C=N/NC(=O)CC2=NNC(=O)C2)c1O. The first kappa shape index (κ1) is 15.4. The van der Waals surface area contributed by atoms with Gasteiger partial charge in [-0.05, 0) is 18.1 Å². The monoisotopic (exact) mass is 300 g/mol. The molecule has 0 bridgehead atoms. The van der Waals surface area contributed by atoms with E-state index in [-0.39, 0.29) is 30.4 Å². The standard InChI is InChI=1S/C15H16N4O3/c1-2-4-10-5-3-6-11(15(10)22)9-16-18-13(20)7-12-8-14(21)19-17-12/h2-3,5-6,9,22H,1,4,7-8H2,(H,18,20)(H,19,21)/b16-9+. The number of phenolic OH excluding ortho intramolecular Hbond substituents is 1. The van der Waals surface area contributed by atoms with E-state index in [0.717, 1.165) is 5.56 Å². The van der Waals surface area contributed by atoms with Crippen LogP contribution in [0.15, 0.2) is 41.1 Å². The second-order valence-electron chi connectivity index (χ2n) is 4.71. The van der Waals surface area contributed by atoms with Crippen molar-refractivity contribution in [3.05, 3.63) is 42.0 Å². The number of benzene rings is 1. The Balaban J connectivity index is 1.92. The largest absolute Gasteiger partial charge is 0.507 e. The Bertz CT molecular complexity index is 665. The van der Waals surface area contributed by atoms with E-state index in [1.807, 2.05) is 0 Å². The van der Waals surface area contributed by atoms with Gasteiger partial charge < -0.3 is 5.11 Å². The van der Waals surface area contributed by atoms with Crippen molar-refractivity contribution in [1.29, 1.82) is 0 Å². The zero-order valence-electron chi connectivity index (χ0n) is 11.9. The Morgan fingerprint density at radius 2 is 2.36 bits per heavy atom. The van der Waals surface area contributed by atoms with Crippen LogP contribution in [0.25, 0.3) is 0 Å². The summed E-state index contributed by atoms with van der Waals surface area (Å²) in [5, 5.41) is 17.5. The smallest absolute Gasteiger partial charge is 0.245 e. The number of hydrogen-bond acceptors (Lipinski definition) is 5. The molecule has 114 valence electrons. The molecule has 0 atom stereocenters. The van der Waals surface area contributed by atoms with Crippen LogP contribution in [0.5, 0.6) is 5.75 Å². The van der Waals surface area contributed by atoms with E-state index in [1.165, 1.54) is 6.21 Å². The van der Waals surface area contributed by atoms with Crippen molar-refractivity contribution in [3.8, 4) is 5.75 Å². The van der Waals surface area contributed by atoms with Gasteiger partial charge in [0.1, 0.15) is 5.75 Å². The lowest BCUT2D eigenvalue weighted by Crippen LogP contribution is -2.20. The van der Waals surface area contributed by atoms with Gasteiger partial charge in [0.15, 0.2) is 0 Å². The average molecular weight is 300 g/mol. The molecule has 1 heterocycles. The molecule has 0 spiro atoms. The predicted octanol–water partition coefficient (Wildman–Crippen LogP) is 0.837. The van der Waals surface area contributed by atoms with Crippen molar-refractivity contribution in [2.75, 3.05) is 0 Å². The van der Waals surface area contributed by atoms with E-state index in [2.05, 4.69) is 27.6 Å². The highest BCUT2D eigenvalue weighted by Crippen LogP contribution is 2.21. The van der Waals surface area contributed by atoms with E-state index >= 15 is 0 Å². The number of aromatic hydroxyl groups is 1. The first-order valence-corrected chi connectivity index (χ1v) is 6.68. The van der Waals surface area contributed by atoms with Crippen LogP contribution in [-0.4, -0.2) is 28.8 Å². The van der Waals surface area contributed by atoms with E-state index < -0.39 is 0 Å². The molecule has 1 aromatic carbocycles. The van der Waals surface area contributed by atoms with Gasteiger partial charge in [-0.3, -0.25) is 9.59 Å². The minimum atomic E-state index is -0.381. The third kappa shape index (κ3) is 4.02. The maximum Gasteiger partial charge on any atom is 0.245 e. The minimum Gasteiger partial charge on any atom is -0.507 e. The molecule has 0 saturated carbocycles. The highest BCUT2D eigenvalue weighted by atomic mass is 16.3. The number of nitrogens with zero attached hydrogens (tertiary/aromatic N) is 2. The van der Waals surface area contributed by atoms with E-state index in [4.69, 9.17) is 0 Å². The summed E-state index contributed by atoms with van der Waals surface area (Å²) in [5.41, 5.74) is 6.30. The van der Waals surface area contributed by atoms with Gasteiger partial charge in [-0.15, -0.1) is 6.58 Å². The number of phenols is 1. The number of amides is 2. The lowest BCUT2D eigenvalue weighted by molar-refractivity contribution is -0.119. The lowest BCUT2D eigenvalue weighted by Gasteiger charge is -2.04. The first-order valence-electron chi connectivity index (χ1n) is 6.68. The van der Waals surface area contributed by atoms with Gasteiger partial charge in [-0.25, -0.2) is 10.9 Å². The van der Waals surface area contributed by atoms with Crippen LogP contribution < -0.4 is 10.9 Å². The van der Waals surface area contributed by atoms with Crippen molar-refractivity contribution < 1.29 is 14.7 Å². The predicted molar refractivity (Wildman–Crippen MR) is 82.6 cm³/mol. The Morgan fingerprint density at radius 3 is 3.05 bits per heavy atom. The summed E-state index contributed by atoms with van der Waals surface area (Å²) in [6.45, 7) is 3.62. The summed E-state index contributed by atoms with van der Waals surface area (Å²) in [4.78, 5) is 22.6. The van der Waals surface area contributed by atoms with Crippen molar-refractivity contribution in [2.24, 2.45) is 10.2 Å². The maximum absolute atomic E-state index is 11.6. The lowest BCUT2D eigenvalue weighted by atomic mass is 10.1. The molecular weight excluding hydrogens is 284 g/mol. The second-order valence-corrected chi connectivity index (χ2v) is 4.71. The van der Waals surface area contributed by atoms with E-state index in [0.29, 0.717) is 17.7 Å². The molecule has 0 fully saturated rings. The molecule has 0 radical (unpaired) electrons. The van der Waals surface area contributed by atoms with Crippen LogP contribution in [0.2, 0.25) is 0 Å². The summed E-state index contributed by atoms with van der Waals surface area (Å²) < 4.78 is 0. The number of rotatable bonds is 6. The number of hydrazone groups is 2. The molecule has 2 amide bonds. The van der Waals surface area contributed by atoms with Gasteiger partial charge in [-0.2, -0.15) is 10.2 Å². The van der Waals surface area contributed by atoms with Crippen LogP contribution in [0.1, 0.15) is 24.0 Å². The van der Waals surface area contributed by atoms with Gasteiger partial charge in [0.05, 0.1) is 24.8 Å². The topological polar surface area (TPSA) is 103 Å². The molecule has 0 aromatic heterocycles. The number of para-hydroxylation sites is 1. The highest BCUT2D eigenvalue weighted by molar-refractivity contribution is 6.11. The summed E-state index contributed by atoms with van der Waals surface area (Å²) in [6.07, 6.45) is 3.72. The Morgan fingerprint density at radius 1 is 1.55 bits per heavy atom. The Kier molecular flexibility index (Phi) is 5.02. The molecule has 1 aliphatic heterocycles. The highest BCUT2D eigenvalue weighted by Gasteiger charge is 2.17. The quantitative estimate of drug-likeness (QED) is 0.412. The summed E-state index contributed by atoms with van der Waals surface area (Å²) in [7, 11) is 0. The Labute approximate surface area is 127 Å². The molecule has 0 saturated heterocycles. The van der Waals surface area contributed by atoms with Crippen molar-refractivity contribution in [2.45, 2.75) is 19.3 Å². The molecule has 1 aliphatic rings. The molecule has 7 heteroatoms. The van der Waals surface area contributed by atoms with Gasteiger partial charge in [0, 0.05) is 5.56 Å². The van der Waals surface area contributed by atoms with Crippen molar-refractivity contribution in [3.63, 3.8) is 0 Å². The van der Waals surface area contributed by atoms with Crippen LogP contribution in [0, 0.1) is 0 Å². The normalized spacial score (nSPS) is 13.8. The van der Waals surface area contributed by atoms with Gasteiger partial charge in [-0.1, -0.05) is 18.2 Å². The minimum absolute atomic E-state index is 0.00142. The van der Waals surface area contributed by atoms with Crippen LogP contribution in [-0.2, 0) is 16.0 Å². The van der Waals surface area contributed by atoms with E-state index in [1.54, 1.807) is 24.3 Å². The fourth-order valence-electron chi connectivity index (χ4n) is 1.94. The van der Waals surface area contributed by atoms with Crippen LogP contribution in [0.3, 0.4) is 0 Å². The van der Waals surface area contributed by atoms with Crippen molar-refractivity contribution in [1.82, 2.24) is 10.9 Å². The number of nitrogens with one attached hydrogen (secondary N) is 2. The zero-order chi connectivity index (χ0) is 15.9. The van der Waals surface area contributed by atoms with Gasteiger partial charge in [0.2, 0.25) is 11.8 Å².